The Bertz CT molecular complexity index is 1570. The number of aliphatic hydroxyl groups excluding tert-OH is 7. The molecular weight excluding hydrogens is 933 g/mol. The lowest BCUT2D eigenvalue weighted by molar-refractivity contribution is -0.332. The van der Waals surface area contributed by atoms with E-state index >= 15 is 0 Å². The molecule has 2 aliphatic heterocycles. The van der Waals surface area contributed by atoms with Gasteiger partial charge in [-0.2, -0.15) is 0 Å². The molecule has 0 radical (unpaired) electrons. The molecule has 2 heterocycles. The van der Waals surface area contributed by atoms with E-state index in [9.17, 15) is 40.5 Å². The minimum Gasteiger partial charge on any atom is -0.457 e. The molecule has 0 amide bonds. The van der Waals surface area contributed by atoms with Gasteiger partial charge in [0.25, 0.3) is 0 Å². The number of aliphatic hydroxyl groups is 7. The van der Waals surface area contributed by atoms with E-state index in [1.807, 2.05) is 0 Å². The van der Waals surface area contributed by atoms with Crippen molar-refractivity contribution in [2.24, 2.45) is 0 Å². The second-order valence-electron chi connectivity index (χ2n) is 19.0. The van der Waals surface area contributed by atoms with Crippen LogP contribution in [0.25, 0.3) is 0 Å². The number of unbranched alkanes of at least 4 members (excludes halogenated alkanes) is 13. The molecule has 0 aliphatic carbocycles. The van der Waals surface area contributed by atoms with Gasteiger partial charge in [0.15, 0.2) is 12.6 Å². The number of hydrogen-bond donors (Lipinski definition) is 7. The smallest absolute Gasteiger partial charge is 0.306 e. The second kappa shape index (κ2) is 45.1. The first kappa shape index (κ1) is 66.0. The van der Waals surface area contributed by atoms with Crippen LogP contribution in [0, 0.1) is 0 Å². The number of rotatable bonds is 43. The first-order valence-corrected chi connectivity index (χ1v) is 27.8. The molecule has 0 aromatic rings. The van der Waals surface area contributed by atoms with Gasteiger partial charge in [-0.1, -0.05) is 162 Å². The van der Waals surface area contributed by atoms with Gasteiger partial charge in [0.1, 0.15) is 54.9 Å². The summed E-state index contributed by atoms with van der Waals surface area (Å²) < 4.78 is 34.3. The van der Waals surface area contributed by atoms with Gasteiger partial charge in [0.2, 0.25) is 0 Å². The molecule has 2 saturated heterocycles. The molecular formula is C59H98O14. The number of carbonyl (C=O) groups excluding carboxylic acids is 1. The van der Waals surface area contributed by atoms with Crippen LogP contribution in [-0.2, 0) is 33.2 Å². The number of carbonyl (C=O) groups is 1. The van der Waals surface area contributed by atoms with Crippen LogP contribution in [0.5, 0.6) is 0 Å². The molecule has 0 saturated carbocycles. The Morgan fingerprint density at radius 2 is 0.890 bits per heavy atom. The average Bonchev–Trinajstić information content (AvgIpc) is 3.39. The topological polar surface area (TPSA) is 214 Å². The predicted octanol–water partition coefficient (Wildman–Crippen LogP) is 9.41. The maximum absolute atomic E-state index is 13.0. The lowest BCUT2D eigenvalue weighted by Crippen LogP contribution is -2.61. The molecule has 2 aliphatic rings. The van der Waals surface area contributed by atoms with Crippen molar-refractivity contribution >= 4 is 5.97 Å². The van der Waals surface area contributed by atoms with Crippen molar-refractivity contribution in [3.05, 3.63) is 97.2 Å². The fourth-order valence-electron chi connectivity index (χ4n) is 8.08. The Morgan fingerprint density at radius 3 is 1.41 bits per heavy atom. The van der Waals surface area contributed by atoms with Gasteiger partial charge < -0.3 is 64.2 Å². The summed E-state index contributed by atoms with van der Waals surface area (Å²) in [4.78, 5) is 13.0. The van der Waals surface area contributed by atoms with Crippen LogP contribution in [0.1, 0.15) is 168 Å². The number of hydrogen-bond acceptors (Lipinski definition) is 14. The predicted molar refractivity (Wildman–Crippen MR) is 288 cm³/mol. The minimum atomic E-state index is -1.72. The third-order valence-corrected chi connectivity index (χ3v) is 12.6. The van der Waals surface area contributed by atoms with E-state index in [1.165, 1.54) is 25.7 Å². The van der Waals surface area contributed by atoms with Crippen molar-refractivity contribution in [2.45, 2.75) is 235 Å². The second-order valence-corrected chi connectivity index (χ2v) is 19.0. The van der Waals surface area contributed by atoms with E-state index in [0.717, 1.165) is 116 Å². The molecule has 11 unspecified atom stereocenters. The van der Waals surface area contributed by atoms with Gasteiger partial charge >= 0.3 is 5.97 Å². The van der Waals surface area contributed by atoms with E-state index in [0.29, 0.717) is 13.0 Å². The third kappa shape index (κ3) is 32.2. The molecule has 11 atom stereocenters. The van der Waals surface area contributed by atoms with Crippen LogP contribution >= 0.6 is 0 Å². The van der Waals surface area contributed by atoms with Crippen molar-refractivity contribution in [3.8, 4) is 0 Å². The molecule has 73 heavy (non-hydrogen) atoms. The zero-order valence-corrected chi connectivity index (χ0v) is 44.6. The Kier molecular flexibility index (Phi) is 40.8. The Hall–Kier alpha value is -3.09. The summed E-state index contributed by atoms with van der Waals surface area (Å²) in [5.41, 5.74) is 0. The van der Waals surface area contributed by atoms with Crippen LogP contribution in [0.4, 0.5) is 0 Å². The molecule has 7 N–H and O–H groups in total. The number of esters is 1. The quantitative estimate of drug-likeness (QED) is 0.0172. The summed E-state index contributed by atoms with van der Waals surface area (Å²) in [6.07, 6.45) is 43.3. The first-order valence-electron chi connectivity index (χ1n) is 27.8. The van der Waals surface area contributed by atoms with Crippen LogP contribution in [-0.4, -0.2) is 142 Å². The molecule has 0 aromatic heterocycles. The van der Waals surface area contributed by atoms with Crippen molar-refractivity contribution in [1.29, 1.82) is 0 Å². The summed E-state index contributed by atoms with van der Waals surface area (Å²) in [7, 11) is 0. The summed E-state index contributed by atoms with van der Waals surface area (Å²) in [5, 5.41) is 72.2. The van der Waals surface area contributed by atoms with Crippen molar-refractivity contribution in [1.82, 2.24) is 0 Å². The van der Waals surface area contributed by atoms with Crippen molar-refractivity contribution < 1.29 is 69.0 Å². The lowest BCUT2D eigenvalue weighted by atomic mass is 9.98. The van der Waals surface area contributed by atoms with E-state index in [1.54, 1.807) is 0 Å². The van der Waals surface area contributed by atoms with Gasteiger partial charge in [-0.05, 0) is 96.3 Å². The standard InChI is InChI=1S/C59H98O14/c1-3-5-7-9-11-13-15-17-18-19-20-21-22-23-24-25-26-27-28-29-31-33-35-37-39-41-43-68-45-48(71-51(61)42-40-38-36-34-32-30-16-14-12-10-8-6-4-2)46-69-58-57(67)55(65)53(63)50(73-58)47-70-59-56(66)54(64)52(62)49(44-60)72-59/h5,7,11,13-14,16-18,20-21,23-24,26-27,29,31,48-50,52-60,62-67H,3-4,6,8-10,12,15,19,22,25,28,30,32-47H2,1-2H3/b7-5-,13-11-,16-14-,18-17-,21-20-,24-23-,27-26-,31-29-. The maximum Gasteiger partial charge on any atom is 0.306 e. The highest BCUT2D eigenvalue weighted by atomic mass is 16.7. The molecule has 14 heteroatoms. The van der Waals surface area contributed by atoms with E-state index in [-0.39, 0.29) is 19.6 Å². The van der Waals surface area contributed by atoms with Crippen molar-refractivity contribution in [3.63, 3.8) is 0 Å². The Labute approximate surface area is 439 Å². The Morgan fingerprint density at radius 1 is 0.466 bits per heavy atom. The first-order chi connectivity index (χ1) is 35.6. The van der Waals surface area contributed by atoms with E-state index < -0.39 is 86.7 Å². The third-order valence-electron chi connectivity index (χ3n) is 12.6. The largest absolute Gasteiger partial charge is 0.457 e. The fourth-order valence-corrected chi connectivity index (χ4v) is 8.08. The summed E-state index contributed by atoms with van der Waals surface area (Å²) in [5.74, 6) is -0.400. The normalized spacial score (nSPS) is 25.7. The molecule has 14 nitrogen and oxygen atoms in total. The summed E-state index contributed by atoms with van der Waals surface area (Å²) in [6, 6.07) is 0. The summed E-state index contributed by atoms with van der Waals surface area (Å²) >= 11 is 0. The van der Waals surface area contributed by atoms with Gasteiger partial charge in [-0.3, -0.25) is 4.79 Å². The fraction of sp³-hybridized carbons (Fsp3) is 0.712. The molecule has 0 aromatic carbocycles. The maximum atomic E-state index is 13.0. The monoisotopic (exact) mass is 1030 g/mol. The highest BCUT2D eigenvalue weighted by molar-refractivity contribution is 5.69. The molecule has 0 bridgehead atoms. The van der Waals surface area contributed by atoms with E-state index in [4.69, 9.17) is 28.4 Å². The summed E-state index contributed by atoms with van der Waals surface area (Å²) in [6.45, 7) is 3.46. The van der Waals surface area contributed by atoms with Gasteiger partial charge in [0, 0.05) is 13.0 Å². The molecule has 2 rings (SSSR count). The van der Waals surface area contributed by atoms with Crippen LogP contribution in [0.15, 0.2) is 97.2 Å². The minimum absolute atomic E-state index is 0.0346. The number of allylic oxidation sites excluding steroid dienone is 16. The van der Waals surface area contributed by atoms with Gasteiger partial charge in [-0.25, -0.2) is 0 Å². The zero-order valence-electron chi connectivity index (χ0n) is 44.6. The van der Waals surface area contributed by atoms with Crippen LogP contribution in [0.3, 0.4) is 0 Å². The van der Waals surface area contributed by atoms with Gasteiger partial charge in [-0.15, -0.1) is 0 Å². The SMILES string of the molecule is CC/C=C\C/C=C\C/C=C\C/C=C\C/C=C\C/C=C\C/C=C\CCCCCCOCC(COC1OC(COC2OC(CO)C(O)C(O)C2O)C(O)C(O)C1O)OC(=O)CCCCCCC/C=C\CCCCCC. The highest BCUT2D eigenvalue weighted by Crippen LogP contribution is 2.26. The highest BCUT2D eigenvalue weighted by Gasteiger charge is 2.47. The van der Waals surface area contributed by atoms with E-state index in [2.05, 4.69) is 111 Å². The average molecular weight is 1030 g/mol. The lowest BCUT2D eigenvalue weighted by Gasteiger charge is -2.42. The van der Waals surface area contributed by atoms with Crippen LogP contribution in [0.2, 0.25) is 0 Å². The van der Waals surface area contributed by atoms with Crippen molar-refractivity contribution in [2.75, 3.05) is 33.0 Å². The zero-order chi connectivity index (χ0) is 53.0. The number of ether oxygens (including phenoxy) is 6. The molecule has 0 spiro atoms. The molecule has 418 valence electrons. The Balaban J connectivity index is 1.73. The van der Waals surface area contributed by atoms with Crippen LogP contribution < -0.4 is 0 Å². The molecule has 2 fully saturated rings. The van der Waals surface area contributed by atoms with Gasteiger partial charge in [0.05, 0.1) is 26.4 Å².